The normalized spacial score (nSPS) is 22.8. The Bertz CT molecular complexity index is 1000. The number of hydrogen-bond donors (Lipinski definition) is 6. The third-order valence-corrected chi connectivity index (χ3v) is 11.7. The molecule has 1 aliphatic carbocycles. The summed E-state index contributed by atoms with van der Waals surface area (Å²) in [7, 11) is -5.09. The van der Waals surface area contributed by atoms with E-state index in [0.29, 0.717) is 12.8 Å². The first kappa shape index (κ1) is 52.9. The van der Waals surface area contributed by atoms with Crippen LogP contribution in [0, 0.1) is 0 Å². The van der Waals surface area contributed by atoms with E-state index in [0.717, 1.165) is 38.5 Å². The molecule has 6 atom stereocenters. The predicted octanol–water partition coefficient (Wildman–Crippen LogP) is 8.11. The maximum absolute atomic E-state index is 12.7. The minimum Gasteiger partial charge on any atom is -0.462 e. The number of hydrogen-bond acceptors (Lipinski definition) is 12. The van der Waals surface area contributed by atoms with Crippen molar-refractivity contribution in [2.75, 3.05) is 13.2 Å². The average Bonchev–Trinajstić information content (AvgIpc) is 3.18. The summed E-state index contributed by atoms with van der Waals surface area (Å²) in [5.74, 6) is -1.11. The third kappa shape index (κ3) is 26.1. The van der Waals surface area contributed by atoms with Crippen molar-refractivity contribution in [2.45, 2.75) is 243 Å². The van der Waals surface area contributed by atoms with E-state index in [9.17, 15) is 44.6 Å². The summed E-state index contributed by atoms with van der Waals surface area (Å²) in [4.78, 5) is 35.2. The van der Waals surface area contributed by atoms with Gasteiger partial charge in [0.25, 0.3) is 0 Å². The first-order chi connectivity index (χ1) is 26.9. The van der Waals surface area contributed by atoms with E-state index in [2.05, 4.69) is 6.92 Å². The van der Waals surface area contributed by atoms with Crippen molar-refractivity contribution in [3.8, 4) is 0 Å². The second-order valence-electron chi connectivity index (χ2n) is 15.9. The third-order valence-electron chi connectivity index (χ3n) is 10.7. The first-order valence-corrected chi connectivity index (χ1v) is 23.8. The number of carbonyl (C=O) groups excluding carboxylic acids is 2. The van der Waals surface area contributed by atoms with Crippen molar-refractivity contribution in [2.24, 2.45) is 0 Å². The molecule has 0 aromatic carbocycles. The van der Waals surface area contributed by atoms with Gasteiger partial charge in [0.1, 0.15) is 43.2 Å². The molecule has 0 heterocycles. The molecule has 0 radical (unpaired) electrons. The van der Waals surface area contributed by atoms with Crippen LogP contribution in [0.4, 0.5) is 0 Å². The van der Waals surface area contributed by atoms with Gasteiger partial charge >= 0.3 is 19.8 Å². The fourth-order valence-electron chi connectivity index (χ4n) is 7.05. The van der Waals surface area contributed by atoms with Crippen molar-refractivity contribution in [3.05, 3.63) is 0 Å². The lowest BCUT2D eigenvalue weighted by molar-refractivity contribution is -0.220. The zero-order valence-corrected chi connectivity index (χ0v) is 35.8. The molecule has 0 spiro atoms. The van der Waals surface area contributed by atoms with Gasteiger partial charge < -0.3 is 39.9 Å². The van der Waals surface area contributed by atoms with Crippen molar-refractivity contribution in [3.63, 3.8) is 0 Å². The molecule has 332 valence electrons. The molecule has 6 N–H and O–H groups in total. The van der Waals surface area contributed by atoms with Crippen LogP contribution in [0.25, 0.3) is 0 Å². The van der Waals surface area contributed by atoms with Crippen LogP contribution in [0.3, 0.4) is 0 Å². The van der Waals surface area contributed by atoms with Gasteiger partial charge in [-0.2, -0.15) is 0 Å². The van der Waals surface area contributed by atoms with Gasteiger partial charge in [-0.1, -0.05) is 174 Å². The molecule has 13 nitrogen and oxygen atoms in total. The molecule has 1 fully saturated rings. The van der Waals surface area contributed by atoms with E-state index < -0.39 is 75.7 Å². The van der Waals surface area contributed by atoms with Crippen LogP contribution in [-0.2, 0) is 32.7 Å². The number of unbranched alkanes of at least 4 members (excludes halogenated alkanes) is 25. The number of aliphatic hydroxyl groups is 5. The predicted molar refractivity (Wildman–Crippen MR) is 217 cm³/mol. The lowest BCUT2D eigenvalue weighted by Gasteiger charge is -2.41. The molecule has 0 bridgehead atoms. The van der Waals surface area contributed by atoms with E-state index in [1.165, 1.54) is 122 Å². The van der Waals surface area contributed by atoms with Gasteiger partial charge in [-0.05, 0) is 12.8 Å². The second kappa shape index (κ2) is 33.7. The van der Waals surface area contributed by atoms with E-state index in [-0.39, 0.29) is 12.8 Å². The Labute approximate surface area is 338 Å². The Morgan fingerprint density at radius 2 is 0.804 bits per heavy atom. The number of phosphoric ester groups is 1. The highest BCUT2D eigenvalue weighted by Gasteiger charge is 2.51. The van der Waals surface area contributed by atoms with Gasteiger partial charge in [0.2, 0.25) is 0 Å². The van der Waals surface area contributed by atoms with E-state index in [1.807, 2.05) is 6.92 Å². The zero-order chi connectivity index (χ0) is 41.4. The Balaban J connectivity index is 2.25. The molecule has 0 aromatic heterocycles. The lowest BCUT2D eigenvalue weighted by Crippen LogP contribution is -2.64. The molecule has 1 rings (SSSR count). The van der Waals surface area contributed by atoms with Gasteiger partial charge in [-0.3, -0.25) is 18.6 Å². The highest BCUT2D eigenvalue weighted by molar-refractivity contribution is 7.47. The first-order valence-electron chi connectivity index (χ1n) is 22.3. The van der Waals surface area contributed by atoms with Gasteiger partial charge in [0.15, 0.2) is 6.10 Å². The molecule has 0 aromatic rings. The Morgan fingerprint density at radius 1 is 0.482 bits per heavy atom. The highest BCUT2D eigenvalue weighted by atomic mass is 31.2. The van der Waals surface area contributed by atoms with Crippen molar-refractivity contribution < 1.29 is 63.1 Å². The maximum Gasteiger partial charge on any atom is 0.472 e. The molecule has 6 unspecified atom stereocenters. The lowest BCUT2D eigenvalue weighted by atomic mass is 9.85. The second-order valence-corrected chi connectivity index (χ2v) is 17.3. The van der Waals surface area contributed by atoms with Crippen LogP contribution in [0.1, 0.15) is 200 Å². The molecule has 0 amide bonds. The summed E-state index contributed by atoms with van der Waals surface area (Å²) in [5, 5.41) is 49.8. The number of carbonyl (C=O) groups is 2. The summed E-state index contributed by atoms with van der Waals surface area (Å²) in [6.07, 6.45) is 19.8. The van der Waals surface area contributed by atoms with Crippen molar-refractivity contribution >= 4 is 19.8 Å². The van der Waals surface area contributed by atoms with Gasteiger partial charge in [0, 0.05) is 12.8 Å². The van der Waals surface area contributed by atoms with Gasteiger partial charge in [-0.25, -0.2) is 4.57 Å². The van der Waals surface area contributed by atoms with Crippen LogP contribution in [0.2, 0.25) is 0 Å². The molecule has 1 saturated carbocycles. The minimum atomic E-state index is -5.09. The number of phosphoric acid groups is 1. The number of rotatable bonds is 37. The largest absolute Gasteiger partial charge is 0.472 e. The monoisotopic (exact) mass is 825 g/mol. The van der Waals surface area contributed by atoms with Crippen molar-refractivity contribution in [1.82, 2.24) is 0 Å². The van der Waals surface area contributed by atoms with Crippen LogP contribution in [0.5, 0.6) is 0 Å². The molecular formula is C42H81O13P. The number of aliphatic hydroxyl groups excluding tert-OH is 5. The summed E-state index contributed by atoms with van der Waals surface area (Å²) in [5.41, 5.74) is 0. The topological polar surface area (TPSA) is 210 Å². The fourth-order valence-corrected chi connectivity index (χ4v) is 8.03. The summed E-state index contributed by atoms with van der Waals surface area (Å²) in [6, 6.07) is 0. The highest BCUT2D eigenvalue weighted by Crippen LogP contribution is 2.47. The molecule has 0 saturated heterocycles. The Kier molecular flexibility index (Phi) is 31.8. The fraction of sp³-hybridized carbons (Fsp3) is 0.952. The molecule has 0 aliphatic heterocycles. The SMILES string of the molecule is CCCCCCCCCCCCCCCCCCCCCCCCCC(=O)OC(COC(=O)CCCCCC)COP(=O)(O)OC1C(O)C(O)C(O)C(O)C1O. The molecule has 1 aliphatic rings. The minimum absolute atomic E-state index is 0.104. The Morgan fingerprint density at radius 3 is 1.20 bits per heavy atom. The van der Waals surface area contributed by atoms with Gasteiger partial charge in [-0.15, -0.1) is 0 Å². The van der Waals surface area contributed by atoms with Crippen LogP contribution in [-0.4, -0.2) is 98.3 Å². The Hall–Kier alpha value is -1.15. The summed E-state index contributed by atoms with van der Waals surface area (Å²) in [6.45, 7) is 3.16. The van der Waals surface area contributed by atoms with E-state index in [4.69, 9.17) is 18.5 Å². The smallest absolute Gasteiger partial charge is 0.462 e. The van der Waals surface area contributed by atoms with E-state index >= 15 is 0 Å². The molecular weight excluding hydrogens is 743 g/mol. The molecule has 56 heavy (non-hydrogen) atoms. The number of esters is 2. The van der Waals surface area contributed by atoms with Gasteiger partial charge in [0.05, 0.1) is 6.61 Å². The van der Waals surface area contributed by atoms with Crippen LogP contribution >= 0.6 is 7.82 Å². The van der Waals surface area contributed by atoms with Crippen molar-refractivity contribution in [1.29, 1.82) is 0 Å². The number of ether oxygens (including phenoxy) is 2. The quantitative estimate of drug-likeness (QED) is 0.0199. The average molecular weight is 825 g/mol. The van der Waals surface area contributed by atoms with Crippen LogP contribution < -0.4 is 0 Å². The standard InChI is InChI=1S/C42H81O13P/c1-3-5-7-9-10-11-12-13-14-15-16-17-18-19-20-21-22-23-24-25-26-27-29-31-36(44)54-34(32-52-35(43)30-28-8-6-4-2)33-53-56(50,51)55-42-40(48)38(46)37(45)39(47)41(42)49/h34,37-42,45-49H,3-33H2,1-2H3,(H,50,51). The molecule has 14 heteroatoms. The zero-order valence-electron chi connectivity index (χ0n) is 34.9. The summed E-state index contributed by atoms with van der Waals surface area (Å²) >= 11 is 0. The summed E-state index contributed by atoms with van der Waals surface area (Å²) < 4.78 is 33.2. The van der Waals surface area contributed by atoms with Crippen LogP contribution in [0.15, 0.2) is 0 Å². The van der Waals surface area contributed by atoms with E-state index in [1.54, 1.807) is 0 Å². The maximum atomic E-state index is 12.7.